The van der Waals surface area contributed by atoms with Crippen LogP contribution in [0.4, 0.5) is 0 Å². The number of rotatable bonds is 4. The summed E-state index contributed by atoms with van der Waals surface area (Å²) in [5.74, 6) is -0.0393. The topological polar surface area (TPSA) is 46.5 Å². The number of hydrogen-bond acceptors (Lipinski definition) is 3. The minimum Gasteiger partial charge on any atom is -0.289 e. The summed E-state index contributed by atoms with van der Waals surface area (Å²) in [6.45, 7) is 1.71. The van der Waals surface area contributed by atoms with Gasteiger partial charge in [0, 0.05) is 11.1 Å². The van der Waals surface area contributed by atoms with Gasteiger partial charge in [0.05, 0.1) is 0 Å². The van der Waals surface area contributed by atoms with Gasteiger partial charge in [0.1, 0.15) is 6.10 Å². The molecular weight excluding hydrogens is 228 g/mol. The molecule has 0 saturated carbocycles. The van der Waals surface area contributed by atoms with Gasteiger partial charge in [-0.05, 0) is 18.6 Å². The lowest BCUT2D eigenvalue weighted by Gasteiger charge is -2.09. The van der Waals surface area contributed by atoms with Crippen LogP contribution in [0.15, 0.2) is 54.6 Å². The molecule has 0 aliphatic carbocycles. The molecule has 18 heavy (non-hydrogen) atoms. The molecule has 0 spiro atoms. The van der Waals surface area contributed by atoms with E-state index >= 15 is 0 Å². The lowest BCUT2D eigenvalue weighted by molar-refractivity contribution is -0.277. The molecule has 0 fully saturated rings. The van der Waals surface area contributed by atoms with E-state index in [-0.39, 0.29) is 5.78 Å². The van der Waals surface area contributed by atoms with Crippen molar-refractivity contribution in [2.24, 2.45) is 0 Å². The summed E-state index contributed by atoms with van der Waals surface area (Å²) in [5, 5.41) is 8.65. The Morgan fingerprint density at radius 2 is 1.72 bits per heavy atom. The van der Waals surface area contributed by atoms with Gasteiger partial charge >= 0.3 is 0 Å². The summed E-state index contributed by atoms with van der Waals surface area (Å²) in [5.41, 5.74) is 1.99. The van der Waals surface area contributed by atoms with Gasteiger partial charge in [-0.1, -0.05) is 48.5 Å². The second kappa shape index (κ2) is 5.58. The van der Waals surface area contributed by atoms with E-state index in [1.54, 1.807) is 37.3 Å². The number of ketones is 1. The Balaban J connectivity index is 2.32. The standard InChI is InChI=1S/C15H14O3/c1-11(18-17)13-8-5-9-14(10-13)15(16)12-6-3-2-4-7-12/h2-11,17H,1H3. The van der Waals surface area contributed by atoms with Gasteiger partial charge in [-0.15, -0.1) is 0 Å². The highest BCUT2D eigenvalue weighted by Crippen LogP contribution is 2.18. The van der Waals surface area contributed by atoms with Gasteiger partial charge in [0.15, 0.2) is 5.78 Å². The Hall–Kier alpha value is -1.97. The number of hydrogen-bond donors (Lipinski definition) is 1. The first-order valence-electron chi connectivity index (χ1n) is 5.72. The van der Waals surface area contributed by atoms with Crippen LogP contribution in [0.3, 0.4) is 0 Å². The van der Waals surface area contributed by atoms with Crippen LogP contribution in [0.1, 0.15) is 34.5 Å². The maximum Gasteiger partial charge on any atom is 0.193 e. The van der Waals surface area contributed by atoms with Gasteiger partial charge in [0.25, 0.3) is 0 Å². The van der Waals surface area contributed by atoms with Crippen LogP contribution in [-0.4, -0.2) is 11.0 Å². The zero-order valence-corrected chi connectivity index (χ0v) is 10.0. The molecule has 0 radical (unpaired) electrons. The van der Waals surface area contributed by atoms with Crippen LogP contribution >= 0.6 is 0 Å². The second-order valence-corrected chi connectivity index (χ2v) is 4.07. The number of benzene rings is 2. The molecule has 0 aromatic heterocycles. The van der Waals surface area contributed by atoms with E-state index in [0.717, 1.165) is 5.56 Å². The molecule has 1 unspecified atom stereocenters. The lowest BCUT2D eigenvalue weighted by Crippen LogP contribution is -2.03. The SMILES string of the molecule is CC(OO)c1cccc(C(=O)c2ccccc2)c1. The van der Waals surface area contributed by atoms with E-state index in [4.69, 9.17) is 5.26 Å². The maximum absolute atomic E-state index is 12.2. The van der Waals surface area contributed by atoms with Crippen molar-refractivity contribution in [1.82, 2.24) is 0 Å². The average Bonchev–Trinajstić information content (AvgIpc) is 2.46. The highest BCUT2D eigenvalue weighted by atomic mass is 17.1. The van der Waals surface area contributed by atoms with Gasteiger partial charge in [-0.3, -0.25) is 10.1 Å². The van der Waals surface area contributed by atoms with Crippen molar-refractivity contribution in [3.05, 3.63) is 71.3 Å². The van der Waals surface area contributed by atoms with Crippen molar-refractivity contribution in [2.45, 2.75) is 13.0 Å². The zero-order valence-electron chi connectivity index (χ0n) is 10.0. The molecule has 92 valence electrons. The third kappa shape index (κ3) is 2.64. The zero-order chi connectivity index (χ0) is 13.0. The smallest absolute Gasteiger partial charge is 0.193 e. The quantitative estimate of drug-likeness (QED) is 0.507. The molecule has 0 bridgehead atoms. The maximum atomic E-state index is 12.2. The molecule has 2 rings (SSSR count). The van der Waals surface area contributed by atoms with Crippen molar-refractivity contribution >= 4 is 5.78 Å². The molecule has 3 nitrogen and oxygen atoms in total. The van der Waals surface area contributed by atoms with E-state index in [1.807, 2.05) is 24.3 Å². The summed E-state index contributed by atoms with van der Waals surface area (Å²) in [6.07, 6.45) is -0.450. The predicted octanol–water partition coefficient (Wildman–Crippen LogP) is 3.47. The van der Waals surface area contributed by atoms with E-state index in [2.05, 4.69) is 4.89 Å². The van der Waals surface area contributed by atoms with Crippen LogP contribution in [0.2, 0.25) is 0 Å². The molecule has 0 heterocycles. The first-order valence-corrected chi connectivity index (χ1v) is 5.72. The summed E-state index contributed by atoms with van der Waals surface area (Å²) >= 11 is 0. The first-order chi connectivity index (χ1) is 8.72. The highest BCUT2D eigenvalue weighted by Gasteiger charge is 2.11. The Morgan fingerprint density at radius 1 is 1.06 bits per heavy atom. The fourth-order valence-electron chi connectivity index (χ4n) is 1.75. The first kappa shape index (κ1) is 12.5. The predicted molar refractivity (Wildman–Crippen MR) is 68.4 cm³/mol. The highest BCUT2D eigenvalue weighted by molar-refractivity contribution is 6.09. The molecule has 2 aromatic carbocycles. The van der Waals surface area contributed by atoms with Crippen molar-refractivity contribution in [3.63, 3.8) is 0 Å². The monoisotopic (exact) mass is 242 g/mol. The molecule has 1 atom stereocenters. The molecule has 0 aliphatic rings. The third-order valence-electron chi connectivity index (χ3n) is 2.81. The molecule has 1 N–H and O–H groups in total. The largest absolute Gasteiger partial charge is 0.289 e. The van der Waals surface area contributed by atoms with Crippen molar-refractivity contribution in [1.29, 1.82) is 0 Å². The Labute approximate surface area is 106 Å². The summed E-state index contributed by atoms with van der Waals surface area (Å²) < 4.78 is 0. The summed E-state index contributed by atoms with van der Waals surface area (Å²) in [4.78, 5) is 16.5. The molecule has 0 aliphatic heterocycles. The van der Waals surface area contributed by atoms with Crippen LogP contribution in [0, 0.1) is 0 Å². The number of carbonyl (C=O) groups excluding carboxylic acids is 1. The third-order valence-corrected chi connectivity index (χ3v) is 2.81. The molecule has 0 saturated heterocycles. The molecule has 3 heteroatoms. The van der Waals surface area contributed by atoms with Gasteiger partial charge < -0.3 is 0 Å². The van der Waals surface area contributed by atoms with Gasteiger partial charge in [0.2, 0.25) is 0 Å². The normalized spacial score (nSPS) is 12.1. The Bertz CT molecular complexity index is 534. The lowest BCUT2D eigenvalue weighted by atomic mass is 10.00. The molecule has 0 amide bonds. The second-order valence-electron chi connectivity index (χ2n) is 4.07. The van der Waals surface area contributed by atoms with Crippen molar-refractivity contribution < 1.29 is 14.9 Å². The van der Waals surface area contributed by atoms with Gasteiger partial charge in [-0.2, -0.15) is 0 Å². The minimum atomic E-state index is -0.450. The molecular formula is C15H14O3. The minimum absolute atomic E-state index is 0.0393. The van der Waals surface area contributed by atoms with Crippen LogP contribution in [0.25, 0.3) is 0 Å². The molecule has 2 aromatic rings. The summed E-state index contributed by atoms with van der Waals surface area (Å²) in [7, 11) is 0. The Kier molecular flexibility index (Phi) is 3.87. The van der Waals surface area contributed by atoms with E-state index in [0.29, 0.717) is 11.1 Å². The van der Waals surface area contributed by atoms with Gasteiger partial charge in [-0.25, -0.2) is 4.89 Å². The Morgan fingerprint density at radius 3 is 2.39 bits per heavy atom. The fourth-order valence-corrected chi connectivity index (χ4v) is 1.75. The fraction of sp³-hybridized carbons (Fsp3) is 0.133. The van der Waals surface area contributed by atoms with E-state index in [9.17, 15) is 4.79 Å². The number of carbonyl (C=O) groups is 1. The van der Waals surface area contributed by atoms with Crippen LogP contribution in [-0.2, 0) is 4.89 Å². The summed E-state index contributed by atoms with van der Waals surface area (Å²) in [6, 6.07) is 16.2. The van der Waals surface area contributed by atoms with Crippen LogP contribution < -0.4 is 0 Å². The van der Waals surface area contributed by atoms with Crippen LogP contribution in [0.5, 0.6) is 0 Å². The van der Waals surface area contributed by atoms with Crippen molar-refractivity contribution in [3.8, 4) is 0 Å². The van der Waals surface area contributed by atoms with Crippen molar-refractivity contribution in [2.75, 3.05) is 0 Å². The van der Waals surface area contributed by atoms with E-state index < -0.39 is 6.10 Å². The van der Waals surface area contributed by atoms with E-state index in [1.165, 1.54) is 0 Å². The average molecular weight is 242 g/mol.